The molecule has 3 aromatic rings. The van der Waals surface area contributed by atoms with E-state index >= 15 is 0 Å². The van der Waals surface area contributed by atoms with Gasteiger partial charge in [-0.2, -0.15) is 27.6 Å². The van der Waals surface area contributed by atoms with Crippen molar-refractivity contribution in [3.05, 3.63) is 65.1 Å². The minimum absolute atomic E-state index is 0.276. The van der Waals surface area contributed by atoms with Crippen molar-refractivity contribution in [1.82, 2.24) is 28.6 Å². The number of benzene rings is 1. The van der Waals surface area contributed by atoms with E-state index in [2.05, 4.69) is 20.2 Å². The molecule has 1 aliphatic heterocycles. The number of aryl methyl sites for hydroxylation is 2. The van der Waals surface area contributed by atoms with E-state index in [1.807, 2.05) is 38.1 Å². The minimum Gasteiger partial charge on any atom is -0.308 e. The lowest BCUT2D eigenvalue weighted by Crippen LogP contribution is -2.56. The third kappa shape index (κ3) is 4.45. The first-order valence-corrected chi connectivity index (χ1v) is 11.7. The number of nitrogens with one attached hydrogen (secondary N) is 2. The van der Waals surface area contributed by atoms with Crippen LogP contribution in [0.4, 0.5) is 5.82 Å². The Morgan fingerprint density at radius 3 is 2.56 bits per heavy atom. The summed E-state index contributed by atoms with van der Waals surface area (Å²) in [6.45, 7) is 4.47. The lowest BCUT2D eigenvalue weighted by Gasteiger charge is -2.35. The van der Waals surface area contributed by atoms with Crippen LogP contribution in [-0.2, 0) is 28.6 Å². The Bertz CT molecular complexity index is 1230. The first-order valence-electron chi connectivity index (χ1n) is 10.3. The van der Waals surface area contributed by atoms with Crippen molar-refractivity contribution >= 4 is 21.9 Å². The predicted octanol–water partition coefficient (Wildman–Crippen LogP) is 1.50. The molecular weight excluding hydrogens is 430 g/mol. The third-order valence-corrected chi connectivity index (χ3v) is 7.47. The van der Waals surface area contributed by atoms with Crippen LogP contribution in [0, 0.1) is 13.8 Å². The topological polar surface area (TPSA) is 114 Å². The second-order valence-electron chi connectivity index (χ2n) is 8.13. The number of aromatic nitrogens is 4. The van der Waals surface area contributed by atoms with Gasteiger partial charge in [-0.05, 0) is 25.8 Å². The molecule has 0 aliphatic carbocycles. The summed E-state index contributed by atoms with van der Waals surface area (Å²) in [4.78, 5) is 13.0. The number of nitrogens with zero attached hydrogens (tertiary/aromatic N) is 5. The molecule has 4 rings (SSSR count). The van der Waals surface area contributed by atoms with E-state index in [-0.39, 0.29) is 6.42 Å². The number of likely N-dealkylation sites (N-methyl/N-ethyl adjacent to an activating group) is 1. The molecule has 1 saturated heterocycles. The molecular formula is C21H27N7O3S. The van der Waals surface area contributed by atoms with E-state index < -0.39 is 28.2 Å². The van der Waals surface area contributed by atoms with Crippen LogP contribution in [0.25, 0.3) is 0 Å². The molecule has 11 heteroatoms. The normalized spacial score (nSPS) is 20.9. The van der Waals surface area contributed by atoms with E-state index in [0.29, 0.717) is 12.4 Å². The van der Waals surface area contributed by atoms with Crippen molar-refractivity contribution < 1.29 is 13.2 Å². The molecule has 0 bridgehead atoms. The summed E-state index contributed by atoms with van der Waals surface area (Å²) in [5.41, 5.74) is 3.87. The fourth-order valence-corrected chi connectivity index (χ4v) is 5.04. The number of amides is 1. The van der Waals surface area contributed by atoms with Crippen LogP contribution >= 0.6 is 0 Å². The molecule has 0 radical (unpaired) electrons. The fraction of sp³-hybridized carbons (Fsp3) is 0.381. The van der Waals surface area contributed by atoms with Gasteiger partial charge in [0.15, 0.2) is 5.82 Å². The van der Waals surface area contributed by atoms with Crippen LogP contribution < -0.4 is 10.0 Å². The van der Waals surface area contributed by atoms with Gasteiger partial charge < -0.3 is 5.32 Å². The van der Waals surface area contributed by atoms with Gasteiger partial charge in [-0.15, -0.1) is 0 Å². The maximum Gasteiger partial charge on any atom is 0.280 e. The molecule has 2 aromatic heterocycles. The molecule has 10 nitrogen and oxygen atoms in total. The first-order chi connectivity index (χ1) is 15.1. The molecule has 1 aliphatic rings. The van der Waals surface area contributed by atoms with Gasteiger partial charge >= 0.3 is 0 Å². The van der Waals surface area contributed by atoms with E-state index in [1.165, 1.54) is 12.6 Å². The van der Waals surface area contributed by atoms with Crippen LogP contribution in [0.15, 0.2) is 42.7 Å². The van der Waals surface area contributed by atoms with Gasteiger partial charge in [0.1, 0.15) is 6.04 Å². The highest BCUT2D eigenvalue weighted by atomic mass is 32.2. The maximum atomic E-state index is 13.0. The van der Waals surface area contributed by atoms with Crippen molar-refractivity contribution in [2.45, 2.75) is 38.9 Å². The zero-order chi connectivity index (χ0) is 23.0. The summed E-state index contributed by atoms with van der Waals surface area (Å²) in [6, 6.07) is 8.41. The number of anilines is 1. The van der Waals surface area contributed by atoms with Crippen molar-refractivity contribution in [2.75, 3.05) is 12.4 Å². The maximum absolute atomic E-state index is 13.0. The largest absolute Gasteiger partial charge is 0.308 e. The van der Waals surface area contributed by atoms with E-state index in [9.17, 15) is 13.2 Å². The third-order valence-electron chi connectivity index (χ3n) is 5.88. The zero-order valence-corrected chi connectivity index (χ0v) is 19.3. The number of hydrogen-bond acceptors (Lipinski definition) is 5. The standard InChI is InChI=1S/C21H27N7O3S/c1-14-5-7-16(8-6-14)13-28-10-9-20(24-28)23-21(29)19-11-18(25-32(30,31)27(19)4)17-12-22-26(3)15(17)2/h5-10,12,18-19,25H,11,13H2,1-4H3,(H,23,24,29)/t18-,19-/m0/s1. The van der Waals surface area contributed by atoms with Gasteiger partial charge in [-0.3, -0.25) is 14.2 Å². The summed E-state index contributed by atoms with van der Waals surface area (Å²) in [6.07, 6.45) is 3.69. The van der Waals surface area contributed by atoms with Crippen LogP contribution in [0.5, 0.6) is 0 Å². The average Bonchev–Trinajstić information content (AvgIpc) is 3.32. The Labute approximate surface area is 187 Å². The smallest absolute Gasteiger partial charge is 0.280 e. The predicted molar refractivity (Wildman–Crippen MR) is 120 cm³/mol. The van der Waals surface area contributed by atoms with E-state index in [0.717, 1.165) is 21.1 Å². The summed E-state index contributed by atoms with van der Waals surface area (Å²) >= 11 is 0. The lowest BCUT2D eigenvalue weighted by atomic mass is 10.00. The molecule has 2 atom stereocenters. The van der Waals surface area contributed by atoms with Crippen molar-refractivity contribution in [1.29, 1.82) is 0 Å². The zero-order valence-electron chi connectivity index (χ0n) is 18.5. The molecule has 1 aromatic carbocycles. The van der Waals surface area contributed by atoms with Gasteiger partial charge in [-0.1, -0.05) is 29.8 Å². The first kappa shape index (κ1) is 22.2. The van der Waals surface area contributed by atoms with Crippen molar-refractivity contribution in [3.63, 3.8) is 0 Å². The highest BCUT2D eigenvalue weighted by Crippen LogP contribution is 2.29. The van der Waals surface area contributed by atoms with Crippen molar-refractivity contribution in [3.8, 4) is 0 Å². The summed E-state index contributed by atoms with van der Waals surface area (Å²) < 4.78 is 32.5. The van der Waals surface area contributed by atoms with E-state index in [4.69, 9.17) is 0 Å². The molecule has 2 N–H and O–H groups in total. The SMILES string of the molecule is Cc1ccc(Cn2ccc(NC(=O)[C@@H]3C[C@@H](c4cnn(C)c4C)NS(=O)(=O)N3C)n2)cc1. The Morgan fingerprint density at radius 2 is 1.91 bits per heavy atom. The average molecular weight is 458 g/mol. The fourth-order valence-electron chi connectivity index (χ4n) is 3.78. The molecule has 32 heavy (non-hydrogen) atoms. The molecule has 1 amide bonds. The number of hydrogen-bond donors (Lipinski definition) is 2. The van der Waals surface area contributed by atoms with Gasteiger partial charge in [-0.25, -0.2) is 0 Å². The van der Waals surface area contributed by atoms with Gasteiger partial charge in [0.05, 0.1) is 18.8 Å². The number of rotatable bonds is 5. The number of carbonyl (C=O) groups is 1. The highest BCUT2D eigenvalue weighted by molar-refractivity contribution is 7.87. The molecule has 0 spiro atoms. The van der Waals surface area contributed by atoms with Gasteiger partial charge in [0.25, 0.3) is 10.2 Å². The highest BCUT2D eigenvalue weighted by Gasteiger charge is 2.41. The van der Waals surface area contributed by atoms with Gasteiger partial charge in [0.2, 0.25) is 5.91 Å². The number of carbonyl (C=O) groups excluding carboxylic acids is 1. The summed E-state index contributed by atoms with van der Waals surface area (Å²) in [7, 11) is -0.643. The molecule has 3 heterocycles. The van der Waals surface area contributed by atoms with Crippen LogP contribution in [-0.4, -0.2) is 51.3 Å². The Morgan fingerprint density at radius 1 is 1.19 bits per heavy atom. The molecule has 170 valence electrons. The monoisotopic (exact) mass is 457 g/mol. The van der Waals surface area contributed by atoms with Crippen LogP contribution in [0.3, 0.4) is 0 Å². The Balaban J connectivity index is 1.48. The second-order valence-corrected chi connectivity index (χ2v) is 9.89. The quantitative estimate of drug-likeness (QED) is 0.603. The second kappa shape index (κ2) is 8.49. The Kier molecular flexibility index (Phi) is 5.89. The molecule has 0 unspecified atom stereocenters. The summed E-state index contributed by atoms with van der Waals surface area (Å²) in [5, 5.41) is 11.4. The minimum atomic E-state index is -3.83. The van der Waals surface area contributed by atoms with Crippen molar-refractivity contribution in [2.24, 2.45) is 7.05 Å². The Hall–Kier alpha value is -3.02. The van der Waals surface area contributed by atoms with Crippen LogP contribution in [0.1, 0.15) is 34.8 Å². The van der Waals surface area contributed by atoms with Crippen LogP contribution in [0.2, 0.25) is 0 Å². The lowest BCUT2D eigenvalue weighted by molar-refractivity contribution is -0.120. The summed E-state index contributed by atoms with van der Waals surface area (Å²) in [5.74, 6) is -0.0507. The molecule has 1 fully saturated rings. The van der Waals surface area contributed by atoms with E-state index in [1.54, 1.807) is 34.9 Å². The molecule has 0 saturated carbocycles. The van der Waals surface area contributed by atoms with Gasteiger partial charge in [0, 0.05) is 37.6 Å².